The maximum Gasteiger partial charge on any atom is 0.225 e. The minimum absolute atomic E-state index is 0.0378. The molecule has 6 nitrogen and oxygen atoms in total. The topological polar surface area (TPSA) is 79.9 Å². The first-order valence-electron chi connectivity index (χ1n) is 8.50. The Morgan fingerprint density at radius 2 is 2.12 bits per heavy atom. The van der Waals surface area contributed by atoms with E-state index in [-0.39, 0.29) is 18.4 Å². The zero-order valence-electron chi connectivity index (χ0n) is 14.3. The molecule has 0 aliphatic carbocycles. The van der Waals surface area contributed by atoms with Crippen molar-refractivity contribution in [2.45, 2.75) is 25.3 Å². The van der Waals surface area contributed by atoms with Gasteiger partial charge in [-0.1, -0.05) is 12.1 Å². The molecule has 6 heteroatoms. The lowest BCUT2D eigenvalue weighted by atomic mass is 9.91. The van der Waals surface area contributed by atoms with Crippen LogP contribution in [0, 0.1) is 17.2 Å². The zero-order chi connectivity index (χ0) is 17.6. The first-order valence-corrected chi connectivity index (χ1v) is 8.50. The highest BCUT2D eigenvalue weighted by atomic mass is 16.5. The van der Waals surface area contributed by atoms with Crippen LogP contribution < -0.4 is 5.32 Å². The molecule has 25 heavy (non-hydrogen) atoms. The third-order valence-electron chi connectivity index (χ3n) is 4.64. The Morgan fingerprint density at radius 3 is 2.72 bits per heavy atom. The van der Waals surface area contributed by atoms with Crippen molar-refractivity contribution in [2.24, 2.45) is 13.0 Å². The number of hydrogen-bond acceptors (Lipinski definition) is 4. The second-order valence-corrected chi connectivity index (χ2v) is 6.38. The van der Waals surface area contributed by atoms with Gasteiger partial charge in [-0.2, -0.15) is 5.26 Å². The van der Waals surface area contributed by atoms with Crippen LogP contribution in [0.3, 0.4) is 0 Å². The Bertz CT molecular complexity index is 754. The molecule has 1 fully saturated rings. The standard InChI is InChI=1S/C19H22N4O2/c1-23-9-8-21-19(23)18(16-6-10-25-11-7-16)22-17(24)12-14-2-4-15(13-20)5-3-14/h2-5,8-9,16,18H,6-7,10-12H2,1H3,(H,22,24)/t18-/m0/s1. The van der Waals surface area contributed by atoms with Gasteiger partial charge in [0.2, 0.25) is 5.91 Å². The van der Waals surface area contributed by atoms with Crippen molar-refractivity contribution in [2.75, 3.05) is 13.2 Å². The van der Waals surface area contributed by atoms with Gasteiger partial charge < -0.3 is 14.6 Å². The number of aromatic nitrogens is 2. The van der Waals surface area contributed by atoms with E-state index in [0.29, 0.717) is 11.5 Å². The predicted octanol–water partition coefficient (Wildman–Crippen LogP) is 2.12. The summed E-state index contributed by atoms with van der Waals surface area (Å²) < 4.78 is 7.41. The fourth-order valence-electron chi connectivity index (χ4n) is 3.23. The third-order valence-corrected chi connectivity index (χ3v) is 4.64. The number of hydrogen-bond donors (Lipinski definition) is 1. The van der Waals surface area contributed by atoms with Crippen LogP contribution in [0.15, 0.2) is 36.7 Å². The van der Waals surface area contributed by atoms with E-state index in [2.05, 4.69) is 16.4 Å². The number of carbonyl (C=O) groups is 1. The van der Waals surface area contributed by atoms with Gasteiger partial charge >= 0.3 is 0 Å². The van der Waals surface area contributed by atoms with Crippen molar-refractivity contribution in [1.82, 2.24) is 14.9 Å². The number of amides is 1. The lowest BCUT2D eigenvalue weighted by Gasteiger charge is -2.30. The number of nitrogens with one attached hydrogen (secondary N) is 1. The minimum atomic E-state index is -0.116. The summed E-state index contributed by atoms with van der Waals surface area (Å²) in [7, 11) is 1.95. The molecular formula is C19H22N4O2. The number of nitriles is 1. The van der Waals surface area contributed by atoms with E-state index in [1.54, 1.807) is 18.3 Å². The maximum absolute atomic E-state index is 12.6. The second kappa shape index (κ2) is 7.95. The van der Waals surface area contributed by atoms with Crippen LogP contribution in [0.25, 0.3) is 0 Å². The quantitative estimate of drug-likeness (QED) is 0.905. The largest absolute Gasteiger partial charge is 0.381 e. The molecule has 2 aromatic rings. The Kier molecular flexibility index (Phi) is 5.46. The van der Waals surface area contributed by atoms with Crippen molar-refractivity contribution in [3.05, 3.63) is 53.6 Å². The number of nitrogens with zero attached hydrogens (tertiary/aromatic N) is 3. The van der Waals surface area contributed by atoms with Gasteiger partial charge in [0.05, 0.1) is 24.1 Å². The average molecular weight is 338 g/mol. The number of carbonyl (C=O) groups excluding carboxylic acids is 1. The van der Waals surface area contributed by atoms with Crippen LogP contribution >= 0.6 is 0 Å². The Hall–Kier alpha value is -2.65. The van der Waals surface area contributed by atoms with Crippen molar-refractivity contribution in [1.29, 1.82) is 5.26 Å². The van der Waals surface area contributed by atoms with Crippen LogP contribution in [-0.2, 0) is 23.0 Å². The monoisotopic (exact) mass is 338 g/mol. The van der Waals surface area contributed by atoms with Crippen LogP contribution in [0.5, 0.6) is 0 Å². The first-order chi connectivity index (χ1) is 12.2. The van der Waals surface area contributed by atoms with E-state index < -0.39 is 0 Å². The molecular weight excluding hydrogens is 316 g/mol. The van der Waals surface area contributed by atoms with E-state index in [9.17, 15) is 4.79 Å². The smallest absolute Gasteiger partial charge is 0.225 e. The molecule has 0 radical (unpaired) electrons. The summed E-state index contributed by atoms with van der Waals surface area (Å²) in [5.41, 5.74) is 1.49. The predicted molar refractivity (Wildman–Crippen MR) is 92.5 cm³/mol. The minimum Gasteiger partial charge on any atom is -0.381 e. The van der Waals surface area contributed by atoms with Gasteiger partial charge in [0.25, 0.3) is 0 Å². The summed E-state index contributed by atoms with van der Waals surface area (Å²) in [6.45, 7) is 1.44. The van der Waals surface area contributed by atoms with Gasteiger partial charge in [-0.25, -0.2) is 4.98 Å². The zero-order valence-corrected chi connectivity index (χ0v) is 14.3. The molecule has 0 bridgehead atoms. The van der Waals surface area contributed by atoms with E-state index >= 15 is 0 Å². The lowest BCUT2D eigenvalue weighted by Crippen LogP contribution is -2.38. The van der Waals surface area contributed by atoms with Gasteiger partial charge in [-0.15, -0.1) is 0 Å². The van der Waals surface area contributed by atoms with E-state index in [1.165, 1.54) is 0 Å². The molecule has 1 N–H and O–H groups in total. The van der Waals surface area contributed by atoms with Gasteiger partial charge in [0.15, 0.2) is 0 Å². The van der Waals surface area contributed by atoms with Crippen molar-refractivity contribution < 1.29 is 9.53 Å². The molecule has 1 aromatic heterocycles. The van der Waals surface area contributed by atoms with Gasteiger partial charge in [-0.3, -0.25) is 4.79 Å². The fourth-order valence-corrected chi connectivity index (χ4v) is 3.23. The Labute approximate surface area is 147 Å². The molecule has 0 spiro atoms. The number of rotatable bonds is 5. The van der Waals surface area contributed by atoms with Gasteiger partial charge in [0.1, 0.15) is 5.82 Å². The van der Waals surface area contributed by atoms with E-state index in [4.69, 9.17) is 10.00 Å². The maximum atomic E-state index is 12.6. The van der Waals surface area contributed by atoms with Crippen LogP contribution in [0.1, 0.15) is 35.8 Å². The molecule has 1 saturated heterocycles. The second-order valence-electron chi connectivity index (χ2n) is 6.38. The number of benzene rings is 1. The van der Waals surface area contributed by atoms with Gasteiger partial charge in [-0.05, 0) is 36.5 Å². The Morgan fingerprint density at radius 1 is 1.40 bits per heavy atom. The first kappa shape index (κ1) is 17.2. The molecule has 2 heterocycles. The van der Waals surface area contributed by atoms with E-state index in [0.717, 1.165) is 37.4 Å². The molecule has 0 saturated carbocycles. The summed E-state index contributed by atoms with van der Waals surface area (Å²) in [6, 6.07) is 9.08. The molecule has 0 unspecified atom stereocenters. The number of imidazole rings is 1. The van der Waals surface area contributed by atoms with Crippen LogP contribution in [0.2, 0.25) is 0 Å². The molecule has 1 atom stereocenters. The molecule has 1 aliphatic rings. The molecule has 130 valence electrons. The SMILES string of the molecule is Cn1ccnc1[C@@H](NC(=O)Cc1ccc(C#N)cc1)C1CCOCC1. The average Bonchev–Trinajstić information content (AvgIpc) is 3.07. The molecule has 1 amide bonds. The third kappa shape index (κ3) is 4.25. The fraction of sp³-hybridized carbons (Fsp3) is 0.421. The molecule has 1 aliphatic heterocycles. The summed E-state index contributed by atoms with van der Waals surface area (Å²) in [6.07, 6.45) is 5.77. The highest BCUT2D eigenvalue weighted by Crippen LogP contribution is 2.29. The number of ether oxygens (including phenoxy) is 1. The summed E-state index contributed by atoms with van der Waals surface area (Å²) in [5, 5.41) is 12.0. The van der Waals surface area contributed by atoms with Crippen molar-refractivity contribution in [3.8, 4) is 6.07 Å². The molecule has 3 rings (SSSR count). The lowest BCUT2D eigenvalue weighted by molar-refractivity contribution is -0.122. The molecule has 1 aromatic carbocycles. The highest BCUT2D eigenvalue weighted by Gasteiger charge is 2.29. The van der Waals surface area contributed by atoms with Crippen molar-refractivity contribution >= 4 is 5.91 Å². The van der Waals surface area contributed by atoms with Gasteiger partial charge in [0, 0.05) is 32.7 Å². The normalized spacial score (nSPS) is 16.2. The summed E-state index contributed by atoms with van der Waals surface area (Å²) >= 11 is 0. The highest BCUT2D eigenvalue weighted by molar-refractivity contribution is 5.79. The van der Waals surface area contributed by atoms with Crippen molar-refractivity contribution in [3.63, 3.8) is 0 Å². The van der Waals surface area contributed by atoms with Crippen LogP contribution in [0.4, 0.5) is 0 Å². The number of aryl methyl sites for hydroxylation is 1. The van der Waals surface area contributed by atoms with E-state index in [1.807, 2.05) is 29.9 Å². The summed E-state index contributed by atoms with van der Waals surface area (Å²) in [4.78, 5) is 17.0. The summed E-state index contributed by atoms with van der Waals surface area (Å²) in [5.74, 6) is 1.16. The van der Waals surface area contributed by atoms with Crippen LogP contribution in [-0.4, -0.2) is 28.7 Å². The Balaban J connectivity index is 1.71.